The van der Waals surface area contributed by atoms with E-state index in [0.717, 1.165) is 0 Å². The third kappa shape index (κ3) is 6.42. The quantitative estimate of drug-likeness (QED) is 0.798. The summed E-state index contributed by atoms with van der Waals surface area (Å²) in [7, 11) is 0. The van der Waals surface area contributed by atoms with Crippen LogP contribution in [0.3, 0.4) is 0 Å². The number of nitrogens with two attached hydrogens (primary N) is 1. The van der Waals surface area contributed by atoms with Crippen LogP contribution < -0.4 is 16.4 Å². The summed E-state index contributed by atoms with van der Waals surface area (Å²) in [6.07, 6.45) is 0.241. The zero-order valence-electron chi connectivity index (χ0n) is 10.7. The van der Waals surface area contributed by atoms with Gasteiger partial charge in [0.15, 0.2) is 0 Å². The molecule has 0 aliphatic rings. The first-order valence-electron chi connectivity index (χ1n) is 5.51. The molecule has 5 nitrogen and oxygen atoms in total. The molecule has 0 saturated heterocycles. The van der Waals surface area contributed by atoms with Crippen LogP contribution in [0.5, 0.6) is 0 Å². The lowest BCUT2D eigenvalue weighted by Crippen LogP contribution is -2.23. The molecular formula is C12H17Cl2N3O2. The third-order valence-electron chi connectivity index (χ3n) is 2.07. The number of amides is 2. The van der Waals surface area contributed by atoms with Crippen LogP contribution in [-0.2, 0) is 9.59 Å². The average Bonchev–Trinajstić information content (AvgIpc) is 2.20. The van der Waals surface area contributed by atoms with Crippen molar-refractivity contribution in [1.82, 2.24) is 0 Å². The Labute approximate surface area is 123 Å². The normalized spacial score (nSPS) is 11.2. The third-order valence-corrected chi connectivity index (χ3v) is 2.38. The maximum absolute atomic E-state index is 11.5. The number of rotatable bonds is 4. The van der Waals surface area contributed by atoms with E-state index in [1.54, 1.807) is 25.1 Å². The zero-order valence-corrected chi connectivity index (χ0v) is 12.3. The Balaban J connectivity index is 0.00000324. The number of hydrogen-bond donors (Lipinski definition) is 3. The largest absolute Gasteiger partial charge is 0.327 e. The molecule has 1 aromatic carbocycles. The number of carbonyl (C=O) groups excluding carboxylic acids is 2. The van der Waals surface area contributed by atoms with Gasteiger partial charge in [0.1, 0.15) is 0 Å². The summed E-state index contributed by atoms with van der Waals surface area (Å²) >= 11 is 5.97. The Kier molecular flexibility index (Phi) is 7.44. The SMILES string of the molecule is CC(=O)Nc1ccc(NC(=O)CC(C)N)cc1Cl.Cl. The summed E-state index contributed by atoms with van der Waals surface area (Å²) in [5.41, 5.74) is 6.60. The van der Waals surface area contributed by atoms with Gasteiger partial charge in [0.05, 0.1) is 10.7 Å². The van der Waals surface area contributed by atoms with Gasteiger partial charge in [-0.05, 0) is 25.1 Å². The van der Waals surface area contributed by atoms with E-state index in [4.69, 9.17) is 17.3 Å². The molecule has 0 aliphatic carbocycles. The molecule has 0 heterocycles. The van der Waals surface area contributed by atoms with Gasteiger partial charge in [0.2, 0.25) is 11.8 Å². The highest BCUT2D eigenvalue weighted by atomic mass is 35.5. The highest BCUT2D eigenvalue weighted by Gasteiger charge is 2.08. The minimum atomic E-state index is -0.203. The van der Waals surface area contributed by atoms with Crippen molar-refractivity contribution in [1.29, 1.82) is 0 Å². The van der Waals surface area contributed by atoms with Crippen molar-refractivity contribution in [3.8, 4) is 0 Å². The first kappa shape index (κ1) is 17.7. The van der Waals surface area contributed by atoms with Gasteiger partial charge in [-0.3, -0.25) is 9.59 Å². The van der Waals surface area contributed by atoms with E-state index in [1.165, 1.54) is 6.92 Å². The molecule has 4 N–H and O–H groups in total. The van der Waals surface area contributed by atoms with Gasteiger partial charge in [-0.2, -0.15) is 0 Å². The van der Waals surface area contributed by atoms with Gasteiger partial charge in [0, 0.05) is 25.1 Å². The highest BCUT2D eigenvalue weighted by molar-refractivity contribution is 6.34. The molecule has 0 spiro atoms. The van der Waals surface area contributed by atoms with E-state index >= 15 is 0 Å². The van der Waals surface area contributed by atoms with Gasteiger partial charge >= 0.3 is 0 Å². The van der Waals surface area contributed by atoms with E-state index in [-0.39, 0.29) is 36.7 Å². The molecule has 1 aromatic rings. The smallest absolute Gasteiger partial charge is 0.225 e. The molecule has 0 saturated carbocycles. The summed E-state index contributed by atoms with van der Waals surface area (Å²) < 4.78 is 0. The lowest BCUT2D eigenvalue weighted by Gasteiger charge is -2.10. The topological polar surface area (TPSA) is 84.2 Å². The van der Waals surface area contributed by atoms with E-state index in [1.807, 2.05) is 0 Å². The predicted molar refractivity (Wildman–Crippen MR) is 79.9 cm³/mol. The first-order chi connectivity index (χ1) is 8.38. The van der Waals surface area contributed by atoms with Gasteiger partial charge < -0.3 is 16.4 Å². The minimum absolute atomic E-state index is 0. The van der Waals surface area contributed by atoms with Gasteiger partial charge in [-0.15, -0.1) is 12.4 Å². The Bertz CT molecular complexity index is 464. The summed E-state index contributed by atoms with van der Waals surface area (Å²) in [4.78, 5) is 22.4. The molecule has 106 valence electrons. The molecule has 1 atom stereocenters. The maximum atomic E-state index is 11.5. The van der Waals surface area contributed by atoms with Crippen LogP contribution in [0, 0.1) is 0 Å². The standard InChI is InChI=1S/C12H16ClN3O2.ClH/c1-7(14)5-12(18)16-9-3-4-11(10(13)6-9)15-8(2)17;/h3-4,6-7H,5,14H2,1-2H3,(H,15,17)(H,16,18);1H. The fourth-order valence-corrected chi connectivity index (χ4v) is 1.62. The van der Waals surface area contributed by atoms with E-state index < -0.39 is 0 Å². The predicted octanol–water partition coefficient (Wildman–Crippen LogP) is 2.40. The second-order valence-electron chi connectivity index (χ2n) is 4.11. The molecule has 0 aromatic heterocycles. The monoisotopic (exact) mass is 305 g/mol. The second-order valence-corrected chi connectivity index (χ2v) is 4.51. The zero-order chi connectivity index (χ0) is 13.7. The molecule has 2 amide bonds. The van der Waals surface area contributed by atoms with E-state index in [9.17, 15) is 9.59 Å². The Morgan fingerprint density at radius 2 is 2.00 bits per heavy atom. The molecule has 1 rings (SSSR count). The first-order valence-corrected chi connectivity index (χ1v) is 5.89. The molecular weight excluding hydrogens is 289 g/mol. The molecule has 0 radical (unpaired) electrons. The van der Waals surface area contributed by atoms with Crippen molar-refractivity contribution < 1.29 is 9.59 Å². The van der Waals surface area contributed by atoms with Gasteiger partial charge in [-0.1, -0.05) is 11.6 Å². The lowest BCUT2D eigenvalue weighted by atomic mass is 10.2. The van der Waals surface area contributed by atoms with Crippen molar-refractivity contribution in [2.45, 2.75) is 26.3 Å². The van der Waals surface area contributed by atoms with Crippen molar-refractivity contribution in [2.24, 2.45) is 5.73 Å². The number of anilines is 2. The van der Waals surface area contributed by atoms with Crippen LogP contribution in [0.15, 0.2) is 18.2 Å². The Morgan fingerprint density at radius 3 is 2.47 bits per heavy atom. The number of carbonyl (C=O) groups is 2. The molecule has 0 bridgehead atoms. The number of nitrogens with one attached hydrogen (secondary N) is 2. The van der Waals surface area contributed by atoms with Crippen molar-refractivity contribution in [3.05, 3.63) is 23.2 Å². The molecule has 0 aliphatic heterocycles. The Hall–Kier alpha value is -1.30. The second kappa shape index (κ2) is 7.99. The van der Waals surface area contributed by atoms with E-state index in [0.29, 0.717) is 16.4 Å². The van der Waals surface area contributed by atoms with Crippen LogP contribution >= 0.6 is 24.0 Å². The minimum Gasteiger partial charge on any atom is -0.327 e. The maximum Gasteiger partial charge on any atom is 0.225 e. The van der Waals surface area contributed by atoms with Gasteiger partial charge in [0.25, 0.3) is 0 Å². The molecule has 19 heavy (non-hydrogen) atoms. The fourth-order valence-electron chi connectivity index (χ4n) is 1.39. The summed E-state index contributed by atoms with van der Waals surface area (Å²) in [6, 6.07) is 4.67. The van der Waals surface area contributed by atoms with Crippen LogP contribution in [0.1, 0.15) is 20.3 Å². The number of hydrogen-bond acceptors (Lipinski definition) is 3. The van der Waals surface area contributed by atoms with Crippen molar-refractivity contribution >= 4 is 47.2 Å². The van der Waals surface area contributed by atoms with Crippen LogP contribution in [0.4, 0.5) is 11.4 Å². The van der Waals surface area contributed by atoms with Gasteiger partial charge in [-0.25, -0.2) is 0 Å². The molecule has 1 unspecified atom stereocenters. The summed E-state index contributed by atoms with van der Waals surface area (Å²) in [5.74, 6) is -0.376. The molecule has 0 fully saturated rings. The van der Waals surface area contributed by atoms with Crippen LogP contribution in [0.25, 0.3) is 0 Å². The number of benzene rings is 1. The average molecular weight is 306 g/mol. The Morgan fingerprint density at radius 1 is 1.37 bits per heavy atom. The molecule has 7 heteroatoms. The van der Waals surface area contributed by atoms with Crippen LogP contribution in [-0.4, -0.2) is 17.9 Å². The lowest BCUT2D eigenvalue weighted by molar-refractivity contribution is -0.116. The summed E-state index contributed by atoms with van der Waals surface area (Å²) in [5, 5.41) is 5.63. The fraction of sp³-hybridized carbons (Fsp3) is 0.333. The summed E-state index contributed by atoms with van der Waals surface area (Å²) in [6.45, 7) is 3.15. The highest BCUT2D eigenvalue weighted by Crippen LogP contribution is 2.25. The van der Waals surface area contributed by atoms with Crippen molar-refractivity contribution in [3.63, 3.8) is 0 Å². The van der Waals surface area contributed by atoms with E-state index in [2.05, 4.69) is 10.6 Å². The van der Waals surface area contributed by atoms with Crippen molar-refractivity contribution in [2.75, 3.05) is 10.6 Å². The van der Waals surface area contributed by atoms with Crippen LogP contribution in [0.2, 0.25) is 5.02 Å². The number of halogens is 2.